The molecule has 2 atom stereocenters. The number of hydrogen-bond donors (Lipinski definition) is 1. The van der Waals surface area contributed by atoms with Gasteiger partial charge in [-0.3, -0.25) is 4.90 Å². The Hall–Kier alpha value is -1.69. The Morgan fingerprint density at radius 2 is 2.14 bits per heavy atom. The van der Waals surface area contributed by atoms with Crippen LogP contribution in [0.1, 0.15) is 12.5 Å². The molecule has 1 fully saturated rings. The molecular weight excluding hydrogens is 266 g/mol. The maximum atomic E-state index is 9.96. The normalized spacial score (nSPS) is 22.0. The van der Waals surface area contributed by atoms with Gasteiger partial charge in [0.15, 0.2) is 0 Å². The largest absolute Gasteiger partial charge is 0.389 e. The van der Waals surface area contributed by atoms with Gasteiger partial charge in [0.05, 0.1) is 31.7 Å². The van der Waals surface area contributed by atoms with Crippen LogP contribution in [0.2, 0.25) is 0 Å². The van der Waals surface area contributed by atoms with Crippen molar-refractivity contribution < 1.29 is 9.84 Å². The second-order valence-corrected chi connectivity index (χ2v) is 5.37. The lowest BCUT2D eigenvalue weighted by Gasteiger charge is -2.28. The number of hydrogen-bond acceptors (Lipinski definition) is 4. The first-order chi connectivity index (χ1) is 10.3. The molecule has 3 rings (SSSR count). The molecule has 1 aromatic carbocycles. The van der Waals surface area contributed by atoms with Crippen molar-refractivity contribution in [1.29, 1.82) is 0 Å². The summed E-state index contributed by atoms with van der Waals surface area (Å²) in [6.07, 6.45) is 5.11. The van der Waals surface area contributed by atoms with E-state index in [1.165, 1.54) is 5.56 Å². The van der Waals surface area contributed by atoms with Crippen LogP contribution < -0.4 is 0 Å². The molecule has 21 heavy (non-hydrogen) atoms. The summed E-state index contributed by atoms with van der Waals surface area (Å²) in [4.78, 5) is 6.32. The number of ether oxygens (including phenoxy) is 1. The van der Waals surface area contributed by atoms with Gasteiger partial charge in [0.2, 0.25) is 0 Å². The molecule has 0 saturated carbocycles. The van der Waals surface area contributed by atoms with Crippen molar-refractivity contribution in [2.75, 3.05) is 19.8 Å². The number of imidazole rings is 1. The van der Waals surface area contributed by atoms with Gasteiger partial charge in [-0.25, -0.2) is 4.98 Å². The fraction of sp³-hybridized carbons (Fsp3) is 0.438. The van der Waals surface area contributed by atoms with Crippen LogP contribution in [0.15, 0.2) is 43.0 Å². The van der Waals surface area contributed by atoms with Crippen LogP contribution in [-0.2, 0) is 11.3 Å². The minimum absolute atomic E-state index is 0.100. The van der Waals surface area contributed by atoms with E-state index in [9.17, 15) is 5.11 Å². The predicted molar refractivity (Wildman–Crippen MR) is 80.3 cm³/mol. The average molecular weight is 287 g/mol. The first-order valence-electron chi connectivity index (χ1n) is 7.35. The summed E-state index contributed by atoms with van der Waals surface area (Å²) in [5.41, 5.74) is 2.34. The lowest BCUT2D eigenvalue weighted by molar-refractivity contribution is 0.0808. The van der Waals surface area contributed by atoms with Gasteiger partial charge in [-0.05, 0) is 24.2 Å². The first-order valence-corrected chi connectivity index (χ1v) is 7.35. The van der Waals surface area contributed by atoms with Crippen LogP contribution in [-0.4, -0.2) is 51.5 Å². The molecular formula is C16H21N3O2. The summed E-state index contributed by atoms with van der Waals surface area (Å²) >= 11 is 0. The highest BCUT2D eigenvalue weighted by Crippen LogP contribution is 2.17. The van der Waals surface area contributed by atoms with E-state index in [1.807, 2.05) is 10.8 Å². The van der Waals surface area contributed by atoms with E-state index < -0.39 is 0 Å². The van der Waals surface area contributed by atoms with Gasteiger partial charge < -0.3 is 14.4 Å². The van der Waals surface area contributed by atoms with Crippen molar-refractivity contribution in [3.63, 3.8) is 0 Å². The third kappa shape index (κ3) is 3.15. The molecule has 0 spiro atoms. The average Bonchev–Trinajstić information content (AvgIpc) is 3.17. The van der Waals surface area contributed by atoms with E-state index >= 15 is 0 Å². The van der Waals surface area contributed by atoms with E-state index in [-0.39, 0.29) is 12.1 Å². The highest BCUT2D eigenvalue weighted by Gasteiger charge is 2.30. The van der Waals surface area contributed by atoms with E-state index in [2.05, 4.69) is 41.1 Å². The maximum Gasteiger partial charge on any atom is 0.0991 e. The summed E-state index contributed by atoms with van der Waals surface area (Å²) in [5.74, 6) is 0. The molecule has 1 saturated heterocycles. The smallest absolute Gasteiger partial charge is 0.0991 e. The minimum atomic E-state index is -0.379. The monoisotopic (exact) mass is 287 g/mol. The number of aliphatic hydroxyl groups is 1. The molecule has 2 heterocycles. The molecule has 0 unspecified atom stereocenters. The summed E-state index contributed by atoms with van der Waals surface area (Å²) in [6.45, 7) is 4.90. The topological polar surface area (TPSA) is 50.5 Å². The standard InChI is InChI=1S/C16H21N3O2/c1-2-18(15-10-21-11-16(15)20)9-13-3-5-14(6-4-13)19-8-7-17-12-19/h3-8,12,15-16,20H,2,9-11H2,1H3/t15-,16-/m1/s1. The van der Waals surface area contributed by atoms with E-state index in [0.29, 0.717) is 13.2 Å². The summed E-state index contributed by atoms with van der Waals surface area (Å²) < 4.78 is 7.34. The zero-order valence-electron chi connectivity index (χ0n) is 12.2. The SMILES string of the molecule is CCN(Cc1ccc(-n2ccnc2)cc1)[C@@H]1COC[C@H]1O. The van der Waals surface area contributed by atoms with Crippen molar-refractivity contribution in [3.05, 3.63) is 48.5 Å². The molecule has 0 radical (unpaired) electrons. The number of benzene rings is 1. The fourth-order valence-corrected chi connectivity index (χ4v) is 2.76. The molecule has 1 aliphatic rings. The van der Waals surface area contributed by atoms with Crippen molar-refractivity contribution in [2.24, 2.45) is 0 Å². The van der Waals surface area contributed by atoms with Gasteiger partial charge in [-0.15, -0.1) is 0 Å². The van der Waals surface area contributed by atoms with Crippen LogP contribution in [0.3, 0.4) is 0 Å². The predicted octanol–water partition coefficient (Wildman–Crippen LogP) is 1.45. The second-order valence-electron chi connectivity index (χ2n) is 5.37. The van der Waals surface area contributed by atoms with Crippen molar-refractivity contribution >= 4 is 0 Å². The number of likely N-dealkylation sites (N-methyl/N-ethyl adjacent to an activating group) is 1. The summed E-state index contributed by atoms with van der Waals surface area (Å²) in [6, 6.07) is 8.53. The van der Waals surface area contributed by atoms with Crippen LogP contribution in [0, 0.1) is 0 Å². The molecule has 112 valence electrons. The van der Waals surface area contributed by atoms with Crippen molar-refractivity contribution in [1.82, 2.24) is 14.5 Å². The Kier molecular flexibility index (Phi) is 4.34. The molecule has 2 aromatic rings. The highest BCUT2D eigenvalue weighted by molar-refractivity contribution is 5.34. The molecule has 0 aliphatic carbocycles. The second kappa shape index (κ2) is 6.39. The Labute approximate surface area is 124 Å². The maximum absolute atomic E-state index is 9.96. The van der Waals surface area contributed by atoms with Crippen LogP contribution in [0.5, 0.6) is 0 Å². The molecule has 1 aromatic heterocycles. The Balaban J connectivity index is 1.69. The molecule has 0 bridgehead atoms. The minimum Gasteiger partial charge on any atom is -0.389 e. The van der Waals surface area contributed by atoms with Crippen LogP contribution in [0.4, 0.5) is 0 Å². The quantitative estimate of drug-likeness (QED) is 0.904. The zero-order valence-corrected chi connectivity index (χ0v) is 12.2. The molecule has 1 aliphatic heterocycles. The first kappa shape index (κ1) is 14.3. The van der Waals surface area contributed by atoms with Gasteiger partial charge in [0.25, 0.3) is 0 Å². The number of rotatable bonds is 5. The molecule has 5 nitrogen and oxygen atoms in total. The van der Waals surface area contributed by atoms with E-state index in [4.69, 9.17) is 4.74 Å². The van der Waals surface area contributed by atoms with Crippen molar-refractivity contribution in [2.45, 2.75) is 25.6 Å². The van der Waals surface area contributed by atoms with Crippen molar-refractivity contribution in [3.8, 4) is 5.69 Å². The zero-order chi connectivity index (χ0) is 14.7. The summed E-state index contributed by atoms with van der Waals surface area (Å²) in [7, 11) is 0. The van der Waals surface area contributed by atoms with Gasteiger partial charge in [-0.2, -0.15) is 0 Å². The van der Waals surface area contributed by atoms with Gasteiger partial charge >= 0.3 is 0 Å². The Morgan fingerprint density at radius 1 is 1.33 bits per heavy atom. The lowest BCUT2D eigenvalue weighted by Crippen LogP contribution is -2.42. The van der Waals surface area contributed by atoms with Gasteiger partial charge in [0, 0.05) is 24.6 Å². The highest BCUT2D eigenvalue weighted by atomic mass is 16.5. The lowest BCUT2D eigenvalue weighted by atomic mass is 10.1. The molecule has 1 N–H and O–H groups in total. The van der Waals surface area contributed by atoms with Crippen LogP contribution in [0.25, 0.3) is 5.69 Å². The van der Waals surface area contributed by atoms with Gasteiger partial charge in [-0.1, -0.05) is 19.1 Å². The van der Waals surface area contributed by atoms with Gasteiger partial charge in [0.1, 0.15) is 0 Å². The van der Waals surface area contributed by atoms with E-state index in [1.54, 1.807) is 12.5 Å². The third-order valence-electron chi connectivity index (χ3n) is 4.02. The molecule has 5 heteroatoms. The third-order valence-corrected chi connectivity index (χ3v) is 4.02. The molecule has 0 amide bonds. The van der Waals surface area contributed by atoms with E-state index in [0.717, 1.165) is 18.8 Å². The number of nitrogens with zero attached hydrogens (tertiary/aromatic N) is 3. The number of aromatic nitrogens is 2. The Bertz CT molecular complexity index is 553. The Morgan fingerprint density at radius 3 is 2.71 bits per heavy atom. The van der Waals surface area contributed by atoms with Crippen LogP contribution >= 0.6 is 0 Å². The fourth-order valence-electron chi connectivity index (χ4n) is 2.76. The summed E-state index contributed by atoms with van der Waals surface area (Å²) in [5, 5.41) is 9.96. The number of aliphatic hydroxyl groups excluding tert-OH is 1.